The van der Waals surface area contributed by atoms with Crippen molar-refractivity contribution in [3.8, 4) is 11.3 Å². The van der Waals surface area contributed by atoms with E-state index >= 15 is 0 Å². The third kappa shape index (κ3) is 7.68. The van der Waals surface area contributed by atoms with Crippen LogP contribution in [0.5, 0.6) is 0 Å². The number of benzene rings is 1. The molecule has 7 nitrogen and oxygen atoms in total. The van der Waals surface area contributed by atoms with Crippen molar-refractivity contribution in [3.63, 3.8) is 0 Å². The quantitative estimate of drug-likeness (QED) is 0.486. The number of anilines is 1. The highest BCUT2D eigenvalue weighted by Crippen LogP contribution is 2.21. The Labute approximate surface area is 184 Å². The fourth-order valence-electron chi connectivity index (χ4n) is 3.07. The second kappa shape index (κ2) is 12.7. The number of carbonyl (C=O) groups is 2. The molecule has 0 saturated heterocycles. The lowest BCUT2D eigenvalue weighted by Crippen LogP contribution is -2.38. The van der Waals surface area contributed by atoms with Gasteiger partial charge >= 0.3 is 12.0 Å². The first-order chi connectivity index (χ1) is 15.0. The van der Waals surface area contributed by atoms with E-state index in [0.717, 1.165) is 42.5 Å². The molecule has 31 heavy (non-hydrogen) atoms. The van der Waals surface area contributed by atoms with Crippen LogP contribution in [-0.2, 0) is 16.0 Å². The van der Waals surface area contributed by atoms with Gasteiger partial charge in [-0.2, -0.15) is 0 Å². The standard InChI is InChI=1S/C24H33N3O4/c1-4-6-7-15-25-24(30)27(3)22-10-8-9-20(26-22)19-13-11-18(12-14-19)17-21(23(28)29)31-16-5-2/h8-14,21H,4-7,15-17H2,1-3H3,(H,25,30)(H,28,29)/t21-/m0/s1. The number of pyridine rings is 1. The summed E-state index contributed by atoms with van der Waals surface area (Å²) < 4.78 is 5.42. The van der Waals surface area contributed by atoms with Gasteiger partial charge in [-0.1, -0.05) is 57.0 Å². The average Bonchev–Trinajstić information content (AvgIpc) is 2.79. The first-order valence-electron chi connectivity index (χ1n) is 10.9. The Hall–Kier alpha value is -2.93. The van der Waals surface area contributed by atoms with E-state index in [2.05, 4.69) is 17.2 Å². The van der Waals surface area contributed by atoms with E-state index in [-0.39, 0.29) is 6.03 Å². The number of aliphatic carboxylic acids is 1. The highest BCUT2D eigenvalue weighted by molar-refractivity contribution is 5.90. The number of aromatic nitrogens is 1. The van der Waals surface area contributed by atoms with E-state index in [9.17, 15) is 14.7 Å². The maximum Gasteiger partial charge on any atom is 0.333 e. The van der Waals surface area contributed by atoms with Crippen LogP contribution in [0, 0.1) is 0 Å². The highest BCUT2D eigenvalue weighted by atomic mass is 16.5. The van der Waals surface area contributed by atoms with E-state index < -0.39 is 12.1 Å². The molecule has 2 N–H and O–H groups in total. The lowest BCUT2D eigenvalue weighted by atomic mass is 10.0. The maximum atomic E-state index is 12.3. The number of nitrogens with zero attached hydrogens (tertiary/aromatic N) is 2. The van der Waals surface area contributed by atoms with Crippen LogP contribution in [0.4, 0.5) is 10.6 Å². The normalized spacial score (nSPS) is 11.7. The summed E-state index contributed by atoms with van der Waals surface area (Å²) in [4.78, 5) is 29.8. The van der Waals surface area contributed by atoms with Gasteiger partial charge in [0.2, 0.25) is 0 Å². The summed E-state index contributed by atoms with van der Waals surface area (Å²) in [5.74, 6) is -0.392. The zero-order chi connectivity index (χ0) is 22.6. The molecule has 0 spiro atoms. The van der Waals surface area contributed by atoms with Gasteiger partial charge in [0, 0.05) is 32.2 Å². The largest absolute Gasteiger partial charge is 0.479 e. The van der Waals surface area contributed by atoms with Crippen LogP contribution >= 0.6 is 0 Å². The van der Waals surface area contributed by atoms with Gasteiger partial charge in [-0.25, -0.2) is 14.6 Å². The van der Waals surface area contributed by atoms with E-state index in [1.54, 1.807) is 13.1 Å². The Balaban J connectivity index is 2.05. The Bertz CT molecular complexity index is 839. The first-order valence-corrected chi connectivity index (χ1v) is 10.9. The van der Waals surface area contributed by atoms with Crippen molar-refractivity contribution in [1.29, 1.82) is 0 Å². The van der Waals surface area contributed by atoms with Crippen molar-refractivity contribution in [2.24, 2.45) is 0 Å². The molecule has 2 amide bonds. The SMILES string of the molecule is CCCCCNC(=O)N(C)c1cccc(-c2ccc(C[C@H](OCCC)C(=O)O)cc2)n1. The van der Waals surface area contributed by atoms with Crippen LogP contribution in [0.1, 0.15) is 45.1 Å². The molecule has 1 aromatic heterocycles. The van der Waals surface area contributed by atoms with Crippen LogP contribution < -0.4 is 10.2 Å². The van der Waals surface area contributed by atoms with Gasteiger partial charge in [-0.05, 0) is 30.5 Å². The fraction of sp³-hybridized carbons (Fsp3) is 0.458. The minimum absolute atomic E-state index is 0.178. The van der Waals surface area contributed by atoms with Crippen LogP contribution in [0.25, 0.3) is 11.3 Å². The molecule has 1 heterocycles. The minimum Gasteiger partial charge on any atom is -0.479 e. The second-order valence-corrected chi connectivity index (χ2v) is 7.48. The molecule has 0 unspecified atom stereocenters. The number of amides is 2. The third-order valence-corrected chi connectivity index (χ3v) is 4.91. The van der Waals surface area contributed by atoms with E-state index in [1.807, 2.05) is 43.3 Å². The molecule has 0 bridgehead atoms. The lowest BCUT2D eigenvalue weighted by molar-refractivity contribution is -0.150. The fourth-order valence-corrected chi connectivity index (χ4v) is 3.07. The smallest absolute Gasteiger partial charge is 0.333 e. The van der Waals surface area contributed by atoms with Gasteiger partial charge in [-0.3, -0.25) is 4.90 Å². The topological polar surface area (TPSA) is 91.8 Å². The van der Waals surface area contributed by atoms with Crippen molar-refractivity contribution in [3.05, 3.63) is 48.0 Å². The van der Waals surface area contributed by atoms with E-state index in [0.29, 0.717) is 25.4 Å². The molecule has 1 atom stereocenters. The van der Waals surface area contributed by atoms with Gasteiger partial charge in [0.1, 0.15) is 5.82 Å². The van der Waals surface area contributed by atoms with Gasteiger partial charge in [0.25, 0.3) is 0 Å². The van der Waals surface area contributed by atoms with Gasteiger partial charge in [0.05, 0.1) is 5.69 Å². The molecule has 0 aliphatic rings. The number of carboxylic acids is 1. The molecule has 0 saturated carbocycles. The number of unbranched alkanes of at least 4 members (excludes halogenated alkanes) is 2. The Kier molecular flexibility index (Phi) is 9.97. The monoisotopic (exact) mass is 427 g/mol. The summed E-state index contributed by atoms with van der Waals surface area (Å²) >= 11 is 0. The number of nitrogens with one attached hydrogen (secondary N) is 1. The average molecular weight is 428 g/mol. The Morgan fingerprint density at radius 3 is 2.48 bits per heavy atom. The van der Waals surface area contributed by atoms with Crippen LogP contribution in [0.3, 0.4) is 0 Å². The summed E-state index contributed by atoms with van der Waals surface area (Å²) in [5.41, 5.74) is 2.52. The van der Waals surface area contributed by atoms with Crippen molar-refractivity contribution < 1.29 is 19.4 Å². The summed E-state index contributed by atoms with van der Waals surface area (Å²) in [6.07, 6.45) is 3.39. The number of urea groups is 1. The van der Waals surface area contributed by atoms with Crippen molar-refractivity contribution in [1.82, 2.24) is 10.3 Å². The molecular weight excluding hydrogens is 394 g/mol. The van der Waals surface area contributed by atoms with Crippen LogP contribution in [0.15, 0.2) is 42.5 Å². The minimum atomic E-state index is -0.956. The zero-order valence-electron chi connectivity index (χ0n) is 18.6. The molecule has 0 aliphatic carbocycles. The molecule has 0 radical (unpaired) electrons. The second-order valence-electron chi connectivity index (χ2n) is 7.48. The Morgan fingerprint density at radius 1 is 1.10 bits per heavy atom. The molecule has 1 aromatic carbocycles. The number of carboxylic acid groups (broad SMARTS) is 1. The van der Waals surface area contributed by atoms with Crippen molar-refractivity contribution >= 4 is 17.8 Å². The highest BCUT2D eigenvalue weighted by Gasteiger charge is 2.18. The zero-order valence-corrected chi connectivity index (χ0v) is 18.6. The first kappa shape index (κ1) is 24.3. The van der Waals surface area contributed by atoms with Gasteiger partial charge < -0.3 is 15.2 Å². The lowest BCUT2D eigenvalue weighted by Gasteiger charge is -2.18. The van der Waals surface area contributed by atoms with Gasteiger partial charge in [-0.15, -0.1) is 0 Å². The molecule has 0 fully saturated rings. The van der Waals surface area contributed by atoms with Crippen molar-refractivity contribution in [2.75, 3.05) is 25.1 Å². The predicted octanol–water partition coefficient (Wildman–Crippen LogP) is 4.51. The third-order valence-electron chi connectivity index (χ3n) is 4.91. The van der Waals surface area contributed by atoms with Crippen LogP contribution in [0.2, 0.25) is 0 Å². The number of rotatable bonds is 12. The van der Waals surface area contributed by atoms with Crippen molar-refractivity contribution in [2.45, 2.75) is 52.1 Å². The summed E-state index contributed by atoms with van der Waals surface area (Å²) in [7, 11) is 1.70. The summed E-state index contributed by atoms with van der Waals surface area (Å²) in [6.45, 7) is 5.14. The maximum absolute atomic E-state index is 12.3. The molecule has 2 aromatic rings. The molecule has 168 valence electrons. The molecular formula is C24H33N3O4. The molecule has 2 rings (SSSR count). The van der Waals surface area contributed by atoms with E-state index in [1.165, 1.54) is 4.90 Å². The number of carbonyl (C=O) groups excluding carboxylic acids is 1. The summed E-state index contributed by atoms with van der Waals surface area (Å²) in [5, 5.41) is 12.2. The number of ether oxygens (including phenoxy) is 1. The molecule has 7 heteroatoms. The van der Waals surface area contributed by atoms with Crippen LogP contribution in [-0.4, -0.2) is 48.4 Å². The summed E-state index contributed by atoms with van der Waals surface area (Å²) in [6, 6.07) is 13.0. The Morgan fingerprint density at radius 2 is 1.84 bits per heavy atom. The number of hydrogen-bond donors (Lipinski definition) is 2. The predicted molar refractivity (Wildman–Crippen MR) is 122 cm³/mol. The number of hydrogen-bond acceptors (Lipinski definition) is 4. The van der Waals surface area contributed by atoms with Gasteiger partial charge in [0.15, 0.2) is 6.10 Å². The van der Waals surface area contributed by atoms with E-state index in [4.69, 9.17) is 4.74 Å². The molecule has 0 aliphatic heterocycles.